The Bertz CT molecular complexity index is 1870. The summed E-state index contributed by atoms with van der Waals surface area (Å²) in [7, 11) is 3.17. The summed E-state index contributed by atoms with van der Waals surface area (Å²) >= 11 is 0. The van der Waals surface area contributed by atoms with Crippen molar-refractivity contribution in [3.63, 3.8) is 0 Å². The van der Waals surface area contributed by atoms with Crippen molar-refractivity contribution in [1.29, 1.82) is 5.41 Å². The molecule has 0 aliphatic rings. The fraction of sp³-hybridized carbons (Fsp3) is 0.303. The fourth-order valence-corrected chi connectivity index (χ4v) is 4.40. The number of amides is 2. The molecule has 3 aromatic heterocycles. The predicted octanol–water partition coefficient (Wildman–Crippen LogP) is 5.56. The smallest absolute Gasteiger partial charge is 0.410 e. The van der Waals surface area contributed by atoms with Gasteiger partial charge in [0.2, 0.25) is 5.91 Å². The maximum absolute atomic E-state index is 14.5. The highest BCUT2D eigenvalue weighted by Gasteiger charge is 2.27. The van der Waals surface area contributed by atoms with E-state index in [0.717, 1.165) is 0 Å². The van der Waals surface area contributed by atoms with Crippen molar-refractivity contribution >= 4 is 40.1 Å². The third-order valence-corrected chi connectivity index (χ3v) is 6.69. The number of hydrogen-bond donors (Lipinski definition) is 3. The number of nitrogens with one attached hydrogen (secondary N) is 3. The molecule has 1 aromatic carbocycles. The van der Waals surface area contributed by atoms with Crippen LogP contribution in [0.4, 0.5) is 20.7 Å². The minimum absolute atomic E-state index is 0.154. The Morgan fingerprint density at radius 2 is 1.84 bits per heavy atom. The van der Waals surface area contributed by atoms with E-state index in [1.54, 1.807) is 78.9 Å². The summed E-state index contributed by atoms with van der Waals surface area (Å²) in [6, 6.07) is 8.86. The molecule has 1 atom stereocenters. The Morgan fingerprint density at radius 1 is 1.11 bits per heavy atom. The number of fused-ring (bicyclic) bond motifs is 1. The van der Waals surface area contributed by atoms with Crippen LogP contribution in [0.5, 0.6) is 0 Å². The molecule has 3 N–H and O–H groups in total. The van der Waals surface area contributed by atoms with Crippen molar-refractivity contribution in [2.75, 3.05) is 24.7 Å². The highest BCUT2D eigenvalue weighted by atomic mass is 19.1. The maximum atomic E-state index is 14.5. The number of anilines is 2. The van der Waals surface area contributed by atoms with Crippen LogP contribution in [0, 0.1) is 30.0 Å². The lowest BCUT2D eigenvalue weighted by atomic mass is 10.1. The summed E-state index contributed by atoms with van der Waals surface area (Å²) in [4.78, 5) is 44.6. The van der Waals surface area contributed by atoms with Gasteiger partial charge in [-0.25, -0.2) is 29.1 Å². The van der Waals surface area contributed by atoms with Crippen molar-refractivity contribution in [3.8, 4) is 23.1 Å². The molecule has 232 valence electrons. The zero-order valence-electron chi connectivity index (χ0n) is 26.5. The third kappa shape index (κ3) is 7.56. The number of carbonyl (C=O) groups is 2. The van der Waals surface area contributed by atoms with E-state index in [1.807, 2.05) is 0 Å². The molecule has 45 heavy (non-hydrogen) atoms. The summed E-state index contributed by atoms with van der Waals surface area (Å²) in [6.07, 6.45) is 0.704. The molecule has 0 aliphatic carbocycles. The SMILES string of the molecule is CNc1c(C(C)=N)ncnc1-c1cc(C#Cc2cc(C)nc3c(F)cccc23)nc(NC(=O)C(C)N(C)C(=O)OC(C)(C)C)c1. The molecule has 4 aromatic rings. The average molecular weight is 611 g/mol. The van der Waals surface area contributed by atoms with E-state index in [9.17, 15) is 14.0 Å². The highest BCUT2D eigenvalue weighted by Crippen LogP contribution is 2.30. The van der Waals surface area contributed by atoms with Crippen LogP contribution in [-0.4, -0.2) is 68.3 Å². The van der Waals surface area contributed by atoms with E-state index in [0.29, 0.717) is 39.3 Å². The number of likely N-dealkylation sites (N-methyl/N-ethyl adjacent to an activating group) is 1. The molecule has 2 amide bonds. The number of ether oxygens (including phenoxy) is 1. The first-order valence-electron chi connectivity index (χ1n) is 14.1. The first kappa shape index (κ1) is 32.5. The number of hydrogen-bond acceptors (Lipinski definition) is 9. The molecule has 0 radical (unpaired) electrons. The van der Waals surface area contributed by atoms with Crippen LogP contribution in [-0.2, 0) is 9.53 Å². The summed E-state index contributed by atoms with van der Waals surface area (Å²) in [5, 5.41) is 14.6. The number of aromatic nitrogens is 4. The number of carbonyl (C=O) groups excluding carboxylic acids is 2. The van der Waals surface area contributed by atoms with Gasteiger partial charge in [0.05, 0.1) is 17.1 Å². The number of para-hydroxylation sites is 1. The van der Waals surface area contributed by atoms with Crippen LogP contribution in [0.15, 0.2) is 42.7 Å². The lowest BCUT2D eigenvalue weighted by Crippen LogP contribution is -2.45. The number of benzene rings is 1. The van der Waals surface area contributed by atoms with Gasteiger partial charge >= 0.3 is 6.09 Å². The normalized spacial score (nSPS) is 11.7. The zero-order valence-corrected chi connectivity index (χ0v) is 26.5. The van der Waals surface area contributed by atoms with E-state index < -0.39 is 29.5 Å². The van der Waals surface area contributed by atoms with Gasteiger partial charge in [0.25, 0.3) is 0 Å². The first-order chi connectivity index (χ1) is 21.2. The van der Waals surface area contributed by atoms with Crippen molar-refractivity contribution < 1.29 is 18.7 Å². The van der Waals surface area contributed by atoms with E-state index >= 15 is 0 Å². The van der Waals surface area contributed by atoms with Crippen molar-refractivity contribution in [2.45, 2.75) is 53.2 Å². The van der Waals surface area contributed by atoms with E-state index in [2.05, 4.69) is 42.4 Å². The second-order valence-electron chi connectivity index (χ2n) is 11.4. The molecular weight excluding hydrogens is 575 g/mol. The zero-order chi connectivity index (χ0) is 33.1. The standard InChI is InChI=1S/C33H35FN8O3/c1-18-14-21(24-10-9-11-25(34)29(24)39-18)12-13-23-15-22(28-30(36-7)27(19(2)35)37-17-38-28)16-26(40-23)41-31(43)20(3)42(8)32(44)45-33(4,5)6/h9-11,14-17,20,35-36H,1-8H3,(H,40,41,43). The summed E-state index contributed by atoms with van der Waals surface area (Å²) in [5.74, 6) is 5.32. The minimum Gasteiger partial charge on any atom is -0.444 e. The van der Waals surface area contributed by atoms with Crippen LogP contribution in [0.2, 0.25) is 0 Å². The number of pyridine rings is 2. The van der Waals surface area contributed by atoms with E-state index in [-0.39, 0.29) is 22.7 Å². The van der Waals surface area contributed by atoms with Crippen LogP contribution in [0.1, 0.15) is 57.3 Å². The third-order valence-electron chi connectivity index (χ3n) is 6.69. The molecule has 12 heteroatoms. The molecule has 4 rings (SSSR count). The Hall–Kier alpha value is -5.44. The average Bonchev–Trinajstić information content (AvgIpc) is 2.98. The van der Waals surface area contributed by atoms with Crippen molar-refractivity contribution in [3.05, 3.63) is 71.2 Å². The number of nitrogens with zero attached hydrogens (tertiary/aromatic N) is 5. The molecule has 11 nitrogen and oxygen atoms in total. The van der Waals surface area contributed by atoms with Crippen LogP contribution in [0.3, 0.4) is 0 Å². The Kier molecular flexibility index (Phi) is 9.42. The van der Waals surface area contributed by atoms with Crippen molar-refractivity contribution in [2.24, 2.45) is 0 Å². The Labute approximate surface area is 261 Å². The van der Waals surface area contributed by atoms with Crippen molar-refractivity contribution in [1.82, 2.24) is 24.8 Å². The molecule has 0 fully saturated rings. The molecule has 1 unspecified atom stereocenters. The van der Waals surface area contributed by atoms with Gasteiger partial charge < -0.3 is 20.8 Å². The maximum Gasteiger partial charge on any atom is 0.410 e. The van der Waals surface area contributed by atoms with Gasteiger partial charge in [-0.05, 0) is 71.7 Å². The summed E-state index contributed by atoms with van der Waals surface area (Å²) in [6.45, 7) is 10.2. The molecular formula is C33H35FN8O3. The van der Waals surface area contributed by atoms with Gasteiger partial charge in [0.15, 0.2) is 0 Å². The highest BCUT2D eigenvalue weighted by molar-refractivity contribution is 6.02. The molecule has 0 spiro atoms. The first-order valence-corrected chi connectivity index (χ1v) is 14.1. The van der Waals surface area contributed by atoms with Gasteiger partial charge in [-0.1, -0.05) is 18.1 Å². The Balaban J connectivity index is 1.80. The predicted molar refractivity (Wildman–Crippen MR) is 172 cm³/mol. The quantitative estimate of drug-likeness (QED) is 0.190. The van der Waals surface area contributed by atoms with Gasteiger partial charge in [-0.3, -0.25) is 9.69 Å². The lowest BCUT2D eigenvalue weighted by Gasteiger charge is -2.28. The topological polar surface area (TPSA) is 146 Å². The number of aryl methyl sites for hydroxylation is 1. The number of rotatable bonds is 6. The largest absolute Gasteiger partial charge is 0.444 e. The number of halogens is 1. The van der Waals surface area contributed by atoms with Gasteiger partial charge in [-0.15, -0.1) is 0 Å². The van der Waals surface area contributed by atoms with Crippen LogP contribution >= 0.6 is 0 Å². The summed E-state index contributed by atoms with van der Waals surface area (Å²) < 4.78 is 19.9. The second kappa shape index (κ2) is 13.1. The van der Waals surface area contributed by atoms with Crippen LogP contribution in [0.25, 0.3) is 22.2 Å². The van der Waals surface area contributed by atoms with Gasteiger partial charge in [0, 0.05) is 36.3 Å². The molecule has 0 saturated heterocycles. The fourth-order valence-electron chi connectivity index (χ4n) is 4.40. The van der Waals surface area contributed by atoms with Gasteiger partial charge in [0.1, 0.15) is 46.5 Å². The van der Waals surface area contributed by atoms with Gasteiger partial charge in [-0.2, -0.15) is 0 Å². The van der Waals surface area contributed by atoms with E-state index in [1.165, 1.54) is 24.3 Å². The lowest BCUT2D eigenvalue weighted by molar-refractivity contribution is -0.120. The molecule has 0 bridgehead atoms. The van der Waals surface area contributed by atoms with E-state index in [4.69, 9.17) is 10.1 Å². The molecule has 3 heterocycles. The minimum atomic E-state index is -0.903. The summed E-state index contributed by atoms with van der Waals surface area (Å²) in [5.41, 5.74) is 3.07. The Morgan fingerprint density at radius 3 is 2.51 bits per heavy atom. The monoisotopic (exact) mass is 610 g/mol. The second-order valence-corrected chi connectivity index (χ2v) is 11.4. The molecule has 0 saturated carbocycles. The molecule has 0 aliphatic heterocycles. The van der Waals surface area contributed by atoms with Crippen LogP contribution < -0.4 is 10.6 Å².